The van der Waals surface area contributed by atoms with Crippen LogP contribution < -0.4 is 10.7 Å². The molecule has 2 atom stereocenters. The lowest BCUT2D eigenvalue weighted by molar-refractivity contribution is -0.127. The molecule has 0 saturated heterocycles. The lowest BCUT2D eigenvalue weighted by Gasteiger charge is -2.30. The van der Waals surface area contributed by atoms with Crippen molar-refractivity contribution in [2.24, 2.45) is 5.92 Å². The highest BCUT2D eigenvalue weighted by Gasteiger charge is 2.26. The molecule has 0 fully saturated rings. The molecule has 0 radical (unpaired) electrons. The van der Waals surface area contributed by atoms with Gasteiger partial charge in [0.05, 0.1) is 12.1 Å². The van der Waals surface area contributed by atoms with Gasteiger partial charge in [-0.25, -0.2) is 13.8 Å². The third kappa shape index (κ3) is 11.4. The van der Waals surface area contributed by atoms with E-state index < -0.39 is 29.7 Å². The molecule has 3 N–H and O–H groups in total. The zero-order chi connectivity index (χ0) is 32.1. The summed E-state index contributed by atoms with van der Waals surface area (Å²) in [6.45, 7) is 10.9. The smallest absolute Gasteiger partial charge is 0.253 e. The van der Waals surface area contributed by atoms with Gasteiger partial charge in [0.15, 0.2) is 0 Å². The minimum atomic E-state index is -1.25. The fraction of sp³-hybridized carbons (Fsp3) is 0.485. The third-order valence-electron chi connectivity index (χ3n) is 6.71. The minimum absolute atomic E-state index is 0.0692. The largest absolute Gasteiger partial charge is 0.390 e. The summed E-state index contributed by atoms with van der Waals surface area (Å²) < 4.78 is 28.0. The number of halogens is 2. The quantitative estimate of drug-likeness (QED) is 0.198. The predicted molar refractivity (Wildman–Crippen MR) is 163 cm³/mol. The number of hydrogen-bond acceptors (Lipinski definition) is 5. The highest BCUT2D eigenvalue weighted by Crippen LogP contribution is 2.16. The Bertz CT molecular complexity index is 1270. The summed E-state index contributed by atoms with van der Waals surface area (Å²) in [5, 5.41) is 15.5. The first kappa shape index (κ1) is 35.4. The fourth-order valence-corrected chi connectivity index (χ4v) is 4.72. The van der Waals surface area contributed by atoms with Gasteiger partial charge in [0.1, 0.15) is 11.6 Å². The maximum absolute atomic E-state index is 14.0. The predicted octanol–water partition coefficient (Wildman–Crippen LogP) is 4.31. The van der Waals surface area contributed by atoms with Crippen molar-refractivity contribution >= 4 is 17.7 Å². The number of terminal acetylenes is 1. The number of aliphatic hydroxyl groups is 1. The van der Waals surface area contributed by atoms with E-state index in [-0.39, 0.29) is 53.8 Å². The molecule has 0 aromatic heterocycles. The number of hydrogen-bond donors (Lipinski definition) is 3. The SMILES string of the molecule is C#Cc1cc(C(=O)NC(Cc2cc(F)cc(F)c2)C(O)CN(CC)NC(=O)CC(C)C)cc(C(=O)N(CCC)CCC)c1. The van der Waals surface area contributed by atoms with E-state index in [9.17, 15) is 28.3 Å². The molecule has 0 aliphatic rings. The second kappa shape index (κ2) is 17.3. The Kier molecular flexibility index (Phi) is 14.3. The number of nitrogens with one attached hydrogen (secondary N) is 2. The van der Waals surface area contributed by atoms with Crippen LogP contribution in [0.4, 0.5) is 8.78 Å². The van der Waals surface area contributed by atoms with Crippen molar-refractivity contribution in [1.82, 2.24) is 20.7 Å². The fourth-order valence-electron chi connectivity index (χ4n) is 4.72. The highest BCUT2D eigenvalue weighted by atomic mass is 19.1. The van der Waals surface area contributed by atoms with Gasteiger partial charge in [0.2, 0.25) is 5.91 Å². The molecule has 2 unspecified atom stereocenters. The van der Waals surface area contributed by atoms with E-state index >= 15 is 0 Å². The molecule has 2 aromatic rings. The van der Waals surface area contributed by atoms with Crippen LogP contribution in [0.2, 0.25) is 0 Å². The number of carbonyl (C=O) groups is 3. The summed E-state index contributed by atoms with van der Waals surface area (Å²) in [7, 11) is 0. The van der Waals surface area contributed by atoms with E-state index in [1.54, 1.807) is 17.9 Å². The van der Waals surface area contributed by atoms with Gasteiger partial charge in [-0.05, 0) is 61.1 Å². The third-order valence-corrected chi connectivity index (χ3v) is 6.71. The maximum atomic E-state index is 14.0. The molecule has 2 rings (SSSR count). The Balaban J connectivity index is 2.39. The second-order valence-electron chi connectivity index (χ2n) is 11.0. The number of rotatable bonds is 16. The molecule has 0 spiro atoms. The van der Waals surface area contributed by atoms with E-state index in [2.05, 4.69) is 16.7 Å². The van der Waals surface area contributed by atoms with Crippen LogP contribution in [0.25, 0.3) is 0 Å². The van der Waals surface area contributed by atoms with Gasteiger partial charge in [-0.15, -0.1) is 6.42 Å². The first-order valence-electron chi connectivity index (χ1n) is 14.8. The Morgan fingerprint density at radius 1 is 0.953 bits per heavy atom. The summed E-state index contributed by atoms with van der Waals surface area (Å²) in [5.41, 5.74) is 3.67. The summed E-state index contributed by atoms with van der Waals surface area (Å²) in [6.07, 6.45) is 6.10. The van der Waals surface area contributed by atoms with Crippen LogP contribution in [-0.4, -0.2) is 71.1 Å². The Morgan fingerprint density at radius 2 is 1.56 bits per heavy atom. The van der Waals surface area contributed by atoms with Gasteiger partial charge in [-0.3, -0.25) is 19.8 Å². The molecule has 0 heterocycles. The molecule has 3 amide bonds. The van der Waals surface area contributed by atoms with Gasteiger partial charge in [0, 0.05) is 55.4 Å². The topological polar surface area (TPSA) is 102 Å². The molecule has 0 saturated carbocycles. The first-order valence-corrected chi connectivity index (χ1v) is 14.8. The van der Waals surface area contributed by atoms with E-state index in [0.29, 0.717) is 25.2 Å². The van der Waals surface area contributed by atoms with Crippen LogP contribution >= 0.6 is 0 Å². The van der Waals surface area contributed by atoms with E-state index in [4.69, 9.17) is 6.42 Å². The highest BCUT2D eigenvalue weighted by molar-refractivity contribution is 6.00. The Hall–Kier alpha value is -3.81. The van der Waals surface area contributed by atoms with Gasteiger partial charge >= 0.3 is 0 Å². The summed E-state index contributed by atoms with van der Waals surface area (Å²) in [4.78, 5) is 40.9. The Morgan fingerprint density at radius 3 is 2.09 bits per heavy atom. The van der Waals surface area contributed by atoms with Crippen molar-refractivity contribution in [2.75, 3.05) is 26.2 Å². The molecule has 2 aromatic carbocycles. The van der Waals surface area contributed by atoms with Crippen LogP contribution in [0.5, 0.6) is 0 Å². The lowest BCUT2D eigenvalue weighted by Crippen LogP contribution is -2.53. The monoisotopic (exact) mass is 598 g/mol. The Labute approximate surface area is 253 Å². The molecule has 0 aliphatic heterocycles. The summed E-state index contributed by atoms with van der Waals surface area (Å²) >= 11 is 0. The summed E-state index contributed by atoms with van der Waals surface area (Å²) in [5.74, 6) is -0.0738. The average Bonchev–Trinajstić information content (AvgIpc) is 2.94. The van der Waals surface area contributed by atoms with Gasteiger partial charge < -0.3 is 15.3 Å². The van der Waals surface area contributed by atoms with Gasteiger partial charge in [-0.1, -0.05) is 40.5 Å². The number of likely N-dealkylation sites (N-methyl/N-ethyl adjacent to an activating group) is 1. The first-order chi connectivity index (χ1) is 20.4. The number of amides is 3. The van der Waals surface area contributed by atoms with Crippen LogP contribution in [0.15, 0.2) is 36.4 Å². The van der Waals surface area contributed by atoms with Gasteiger partial charge in [0.25, 0.3) is 11.8 Å². The maximum Gasteiger partial charge on any atom is 0.253 e. The van der Waals surface area contributed by atoms with Crippen molar-refractivity contribution in [2.45, 2.75) is 72.4 Å². The van der Waals surface area contributed by atoms with E-state index in [1.165, 1.54) is 17.1 Å². The zero-order valence-electron chi connectivity index (χ0n) is 25.8. The number of benzene rings is 2. The molecule has 0 bridgehead atoms. The molecule has 234 valence electrons. The summed E-state index contributed by atoms with van der Waals surface area (Å²) in [6, 6.07) is 6.44. The minimum Gasteiger partial charge on any atom is -0.390 e. The van der Waals surface area contributed by atoms with Crippen molar-refractivity contribution < 1.29 is 28.3 Å². The molecule has 10 heteroatoms. The number of aliphatic hydroxyl groups excluding tert-OH is 1. The molecule has 8 nitrogen and oxygen atoms in total. The number of carbonyl (C=O) groups excluding carboxylic acids is 3. The van der Waals surface area contributed by atoms with Crippen molar-refractivity contribution in [3.8, 4) is 12.3 Å². The zero-order valence-corrected chi connectivity index (χ0v) is 25.8. The van der Waals surface area contributed by atoms with Crippen molar-refractivity contribution in [3.05, 3.63) is 70.3 Å². The van der Waals surface area contributed by atoms with E-state index in [0.717, 1.165) is 31.0 Å². The molecule has 0 aliphatic carbocycles. The van der Waals surface area contributed by atoms with Crippen LogP contribution in [-0.2, 0) is 11.2 Å². The standard InChI is InChI=1S/C33H44F2N4O4/c1-7-11-38(12-8-2)33(43)26-15-23(9-3)14-25(19-26)32(42)36-29(18-24-16-27(34)20-28(35)17-24)30(40)21-39(10-4)37-31(41)13-22(5)6/h3,14-17,19-20,22,29-30,40H,7-8,10-13,18,21H2,1-2,4-6H3,(H,36,42)(H,37,41). The average molecular weight is 599 g/mol. The van der Waals surface area contributed by atoms with Crippen molar-refractivity contribution in [1.29, 1.82) is 0 Å². The lowest BCUT2D eigenvalue weighted by atomic mass is 9.99. The van der Waals surface area contributed by atoms with Crippen LogP contribution in [0.1, 0.15) is 85.7 Å². The van der Waals surface area contributed by atoms with Crippen LogP contribution in [0.3, 0.4) is 0 Å². The van der Waals surface area contributed by atoms with Gasteiger partial charge in [-0.2, -0.15) is 0 Å². The number of hydrazine groups is 1. The second-order valence-corrected chi connectivity index (χ2v) is 11.0. The number of nitrogens with zero attached hydrogens (tertiary/aromatic N) is 2. The normalized spacial score (nSPS) is 12.5. The van der Waals surface area contributed by atoms with Crippen LogP contribution in [0, 0.1) is 29.9 Å². The molecular weight excluding hydrogens is 554 g/mol. The molecular formula is C33H44F2N4O4. The van der Waals surface area contributed by atoms with E-state index in [1.807, 2.05) is 27.7 Å². The molecule has 43 heavy (non-hydrogen) atoms. The van der Waals surface area contributed by atoms with Crippen molar-refractivity contribution in [3.63, 3.8) is 0 Å².